The van der Waals surface area contributed by atoms with Gasteiger partial charge in [-0.3, -0.25) is 14.4 Å². The Morgan fingerprint density at radius 2 is 1.65 bits per heavy atom. The van der Waals surface area contributed by atoms with Gasteiger partial charge in [0.15, 0.2) is 17.3 Å². The standard InChI is InChI=1S/C16H12O4/c17-13(8-7-10-4-3-9-20-10)14-15(18)11-5-1-2-6-12(11)16(14)19/h1-6,9,14H,7-8H2. The highest BCUT2D eigenvalue weighted by Crippen LogP contribution is 2.28. The van der Waals surface area contributed by atoms with Crippen LogP contribution in [-0.4, -0.2) is 17.3 Å². The van der Waals surface area contributed by atoms with E-state index in [-0.39, 0.29) is 23.8 Å². The minimum absolute atomic E-state index is 0.129. The lowest BCUT2D eigenvalue weighted by Gasteiger charge is -2.04. The first-order chi connectivity index (χ1) is 9.68. The van der Waals surface area contributed by atoms with Gasteiger partial charge in [-0.25, -0.2) is 0 Å². The van der Waals surface area contributed by atoms with Gasteiger partial charge < -0.3 is 4.42 Å². The van der Waals surface area contributed by atoms with Gasteiger partial charge in [-0.2, -0.15) is 0 Å². The highest BCUT2D eigenvalue weighted by Gasteiger charge is 2.42. The van der Waals surface area contributed by atoms with E-state index in [0.29, 0.717) is 23.3 Å². The Morgan fingerprint density at radius 3 is 2.20 bits per heavy atom. The van der Waals surface area contributed by atoms with E-state index in [1.54, 1.807) is 36.4 Å². The van der Waals surface area contributed by atoms with Gasteiger partial charge >= 0.3 is 0 Å². The van der Waals surface area contributed by atoms with Crippen molar-refractivity contribution in [1.82, 2.24) is 0 Å². The van der Waals surface area contributed by atoms with Crippen LogP contribution in [-0.2, 0) is 11.2 Å². The molecule has 0 unspecified atom stereocenters. The van der Waals surface area contributed by atoms with Crippen LogP contribution in [0.15, 0.2) is 47.1 Å². The fourth-order valence-electron chi connectivity index (χ4n) is 2.48. The SMILES string of the molecule is O=C(CCc1ccco1)C1C(=O)c2ccccc2C1=O. The van der Waals surface area contributed by atoms with E-state index in [9.17, 15) is 14.4 Å². The van der Waals surface area contributed by atoms with Crippen LogP contribution < -0.4 is 0 Å². The molecular weight excluding hydrogens is 256 g/mol. The summed E-state index contributed by atoms with van der Waals surface area (Å²) in [5.74, 6) is -1.59. The highest BCUT2D eigenvalue weighted by atomic mass is 16.3. The Bertz CT molecular complexity index is 647. The molecule has 0 fully saturated rings. The summed E-state index contributed by atoms with van der Waals surface area (Å²) in [6.45, 7) is 0. The number of Topliss-reactive ketones (excluding diaryl/α,β-unsaturated/α-hetero) is 3. The Balaban J connectivity index is 1.77. The van der Waals surface area contributed by atoms with E-state index in [1.807, 2.05) is 0 Å². The monoisotopic (exact) mass is 268 g/mol. The van der Waals surface area contributed by atoms with Crippen LogP contribution in [0.25, 0.3) is 0 Å². The Morgan fingerprint density at radius 1 is 1.00 bits per heavy atom. The number of rotatable bonds is 4. The first-order valence-corrected chi connectivity index (χ1v) is 6.41. The molecule has 0 saturated carbocycles. The molecule has 1 heterocycles. The summed E-state index contributed by atoms with van der Waals surface area (Å²) in [4.78, 5) is 36.4. The molecule has 100 valence electrons. The number of carbonyl (C=O) groups is 3. The number of benzene rings is 1. The summed E-state index contributed by atoms with van der Waals surface area (Å²) in [6, 6.07) is 10.1. The molecule has 2 aromatic rings. The zero-order valence-electron chi connectivity index (χ0n) is 10.7. The normalized spacial score (nSPS) is 14.6. The van der Waals surface area contributed by atoms with Crippen molar-refractivity contribution in [2.24, 2.45) is 5.92 Å². The van der Waals surface area contributed by atoms with E-state index < -0.39 is 5.92 Å². The maximum atomic E-state index is 12.1. The van der Waals surface area contributed by atoms with Crippen molar-refractivity contribution in [3.05, 3.63) is 59.5 Å². The third-order valence-corrected chi connectivity index (χ3v) is 3.50. The van der Waals surface area contributed by atoms with Gasteiger partial charge in [-0.15, -0.1) is 0 Å². The van der Waals surface area contributed by atoms with Crippen LogP contribution in [0, 0.1) is 5.92 Å². The summed E-state index contributed by atoms with van der Waals surface area (Å²) in [6.07, 6.45) is 2.06. The third-order valence-electron chi connectivity index (χ3n) is 3.50. The van der Waals surface area contributed by atoms with Crippen molar-refractivity contribution in [1.29, 1.82) is 0 Å². The van der Waals surface area contributed by atoms with Crippen LogP contribution in [0.4, 0.5) is 0 Å². The summed E-state index contributed by atoms with van der Waals surface area (Å²) in [5, 5.41) is 0. The molecule has 0 N–H and O–H groups in total. The average Bonchev–Trinajstić information content (AvgIpc) is 3.05. The molecule has 1 aliphatic carbocycles. The minimum Gasteiger partial charge on any atom is -0.469 e. The van der Waals surface area contributed by atoms with Gasteiger partial charge in [0.2, 0.25) is 0 Å². The van der Waals surface area contributed by atoms with Gasteiger partial charge in [0.05, 0.1) is 6.26 Å². The zero-order valence-corrected chi connectivity index (χ0v) is 10.7. The quantitative estimate of drug-likeness (QED) is 0.799. The molecule has 0 atom stereocenters. The molecule has 0 radical (unpaired) electrons. The van der Waals surface area contributed by atoms with Crippen LogP contribution in [0.5, 0.6) is 0 Å². The van der Waals surface area contributed by atoms with Crippen molar-refractivity contribution >= 4 is 17.3 Å². The minimum atomic E-state index is -1.16. The van der Waals surface area contributed by atoms with Crippen LogP contribution >= 0.6 is 0 Å². The lowest BCUT2D eigenvalue weighted by molar-refractivity contribution is -0.120. The number of fused-ring (bicyclic) bond motifs is 1. The second-order valence-corrected chi connectivity index (χ2v) is 4.75. The summed E-state index contributed by atoms with van der Waals surface area (Å²) >= 11 is 0. The second kappa shape index (κ2) is 4.89. The Labute approximate surface area is 115 Å². The van der Waals surface area contributed by atoms with Crippen molar-refractivity contribution < 1.29 is 18.8 Å². The molecular formula is C16H12O4. The van der Waals surface area contributed by atoms with E-state index >= 15 is 0 Å². The molecule has 0 amide bonds. The highest BCUT2D eigenvalue weighted by molar-refractivity contribution is 6.35. The predicted octanol–water partition coefficient (Wildman–Crippen LogP) is 2.48. The summed E-state index contributed by atoms with van der Waals surface area (Å²) in [5.41, 5.74) is 0.711. The van der Waals surface area contributed by atoms with Crippen LogP contribution in [0.1, 0.15) is 32.9 Å². The molecule has 4 nitrogen and oxygen atoms in total. The lowest BCUT2D eigenvalue weighted by Crippen LogP contribution is -2.25. The fraction of sp³-hybridized carbons (Fsp3) is 0.188. The maximum Gasteiger partial charge on any atom is 0.181 e. The van der Waals surface area contributed by atoms with Gasteiger partial charge in [-0.05, 0) is 12.1 Å². The summed E-state index contributed by atoms with van der Waals surface area (Å²) in [7, 11) is 0. The van der Waals surface area contributed by atoms with E-state index in [4.69, 9.17) is 4.42 Å². The number of ketones is 3. The molecule has 0 bridgehead atoms. The first kappa shape index (κ1) is 12.5. The number of aryl methyl sites for hydroxylation is 1. The third kappa shape index (κ3) is 1.99. The van der Waals surface area contributed by atoms with E-state index in [2.05, 4.69) is 0 Å². The Hall–Kier alpha value is -2.49. The Kier molecular flexibility index (Phi) is 3.06. The van der Waals surface area contributed by atoms with Gasteiger partial charge in [0.25, 0.3) is 0 Å². The number of hydrogen-bond donors (Lipinski definition) is 0. The molecule has 1 aromatic heterocycles. The largest absolute Gasteiger partial charge is 0.469 e. The number of hydrogen-bond acceptors (Lipinski definition) is 4. The van der Waals surface area contributed by atoms with Gasteiger partial charge in [0, 0.05) is 24.0 Å². The van der Waals surface area contributed by atoms with Crippen molar-refractivity contribution in [3.63, 3.8) is 0 Å². The van der Waals surface area contributed by atoms with E-state index in [0.717, 1.165) is 0 Å². The molecule has 0 spiro atoms. The van der Waals surface area contributed by atoms with Crippen molar-refractivity contribution in [2.75, 3.05) is 0 Å². The fourth-order valence-corrected chi connectivity index (χ4v) is 2.48. The number of carbonyl (C=O) groups excluding carboxylic acids is 3. The molecule has 20 heavy (non-hydrogen) atoms. The smallest absolute Gasteiger partial charge is 0.181 e. The second-order valence-electron chi connectivity index (χ2n) is 4.75. The predicted molar refractivity (Wildman–Crippen MR) is 70.6 cm³/mol. The molecule has 4 heteroatoms. The average molecular weight is 268 g/mol. The summed E-state index contributed by atoms with van der Waals surface area (Å²) < 4.78 is 5.14. The molecule has 1 aromatic carbocycles. The number of furan rings is 1. The molecule has 0 aliphatic heterocycles. The van der Waals surface area contributed by atoms with Crippen LogP contribution in [0.2, 0.25) is 0 Å². The van der Waals surface area contributed by atoms with Crippen molar-refractivity contribution in [3.8, 4) is 0 Å². The topological polar surface area (TPSA) is 64.3 Å². The van der Waals surface area contributed by atoms with Gasteiger partial charge in [-0.1, -0.05) is 24.3 Å². The molecule has 0 saturated heterocycles. The maximum absolute atomic E-state index is 12.1. The van der Waals surface area contributed by atoms with E-state index in [1.165, 1.54) is 6.26 Å². The van der Waals surface area contributed by atoms with Gasteiger partial charge in [0.1, 0.15) is 11.7 Å². The molecule has 3 rings (SSSR count). The zero-order chi connectivity index (χ0) is 14.1. The lowest BCUT2D eigenvalue weighted by atomic mass is 9.95. The molecule has 1 aliphatic rings. The first-order valence-electron chi connectivity index (χ1n) is 6.41. The van der Waals surface area contributed by atoms with Crippen molar-refractivity contribution in [2.45, 2.75) is 12.8 Å². The van der Waals surface area contributed by atoms with Crippen LogP contribution in [0.3, 0.4) is 0 Å².